The van der Waals surface area contributed by atoms with Gasteiger partial charge in [-0.2, -0.15) is 5.10 Å². The van der Waals surface area contributed by atoms with Crippen molar-refractivity contribution in [2.45, 2.75) is 19.5 Å². The first-order valence-electron chi connectivity index (χ1n) is 6.54. The summed E-state index contributed by atoms with van der Waals surface area (Å²) < 4.78 is 1.90. The number of thiazole rings is 1. The van der Waals surface area contributed by atoms with Gasteiger partial charge in [0.15, 0.2) is 0 Å². The van der Waals surface area contributed by atoms with E-state index in [0.717, 1.165) is 17.2 Å². The molecule has 1 unspecified atom stereocenters. The van der Waals surface area contributed by atoms with Gasteiger partial charge >= 0.3 is 0 Å². The molecule has 4 nitrogen and oxygen atoms in total. The summed E-state index contributed by atoms with van der Waals surface area (Å²) in [6.07, 6.45) is 5.81. The maximum absolute atomic E-state index is 4.42. The van der Waals surface area contributed by atoms with Crippen LogP contribution in [0.4, 0.5) is 0 Å². The molecule has 1 aromatic carbocycles. The van der Waals surface area contributed by atoms with E-state index in [1.807, 2.05) is 52.8 Å². The maximum atomic E-state index is 4.42. The second-order valence-electron chi connectivity index (χ2n) is 4.58. The smallest absolute Gasteiger partial charge is 0.106 e. The normalized spacial score (nSPS) is 12.4. The minimum absolute atomic E-state index is 0.247. The minimum atomic E-state index is 0.247. The summed E-state index contributed by atoms with van der Waals surface area (Å²) in [7, 11) is 0. The van der Waals surface area contributed by atoms with E-state index in [1.54, 1.807) is 11.3 Å². The van der Waals surface area contributed by atoms with Crippen molar-refractivity contribution in [2.24, 2.45) is 0 Å². The van der Waals surface area contributed by atoms with Crippen molar-refractivity contribution in [3.63, 3.8) is 0 Å². The molecule has 0 radical (unpaired) electrons. The van der Waals surface area contributed by atoms with Crippen LogP contribution in [-0.2, 0) is 6.54 Å². The first-order chi connectivity index (χ1) is 9.83. The maximum Gasteiger partial charge on any atom is 0.106 e. The van der Waals surface area contributed by atoms with E-state index in [9.17, 15) is 0 Å². The third-order valence-corrected chi connectivity index (χ3v) is 3.95. The second kappa shape index (κ2) is 5.98. The zero-order chi connectivity index (χ0) is 13.8. The molecule has 0 bridgehead atoms. The van der Waals surface area contributed by atoms with Crippen LogP contribution in [0, 0.1) is 0 Å². The summed E-state index contributed by atoms with van der Waals surface area (Å²) in [5.41, 5.74) is 2.25. The first kappa shape index (κ1) is 13.0. The molecule has 0 aliphatic carbocycles. The highest BCUT2D eigenvalue weighted by Gasteiger charge is 2.09. The van der Waals surface area contributed by atoms with Crippen LogP contribution >= 0.6 is 11.3 Å². The van der Waals surface area contributed by atoms with E-state index in [-0.39, 0.29) is 6.04 Å². The van der Waals surface area contributed by atoms with Gasteiger partial charge in [-0.15, -0.1) is 11.3 Å². The van der Waals surface area contributed by atoms with E-state index in [4.69, 9.17) is 0 Å². The molecular weight excluding hydrogens is 268 g/mol. The fraction of sp³-hybridized carbons (Fsp3) is 0.200. The molecule has 2 aromatic heterocycles. The number of nitrogens with one attached hydrogen (secondary N) is 1. The molecule has 20 heavy (non-hydrogen) atoms. The number of para-hydroxylation sites is 1. The Bertz CT molecular complexity index is 646. The van der Waals surface area contributed by atoms with E-state index >= 15 is 0 Å². The molecule has 0 aliphatic heterocycles. The topological polar surface area (TPSA) is 42.7 Å². The largest absolute Gasteiger partial charge is 0.304 e. The molecule has 1 N–H and O–H groups in total. The van der Waals surface area contributed by atoms with Gasteiger partial charge in [-0.25, -0.2) is 9.67 Å². The highest BCUT2D eigenvalue weighted by Crippen LogP contribution is 2.15. The Morgan fingerprint density at radius 3 is 2.90 bits per heavy atom. The summed E-state index contributed by atoms with van der Waals surface area (Å²) in [5.74, 6) is 0. The molecule has 0 amide bonds. The Balaban J connectivity index is 1.67. The Kier molecular flexibility index (Phi) is 3.90. The van der Waals surface area contributed by atoms with E-state index in [2.05, 4.69) is 28.5 Å². The number of hydrogen-bond acceptors (Lipinski definition) is 4. The van der Waals surface area contributed by atoms with Gasteiger partial charge in [0, 0.05) is 35.9 Å². The molecule has 2 heterocycles. The molecule has 0 saturated heterocycles. The Morgan fingerprint density at radius 1 is 1.30 bits per heavy atom. The molecule has 1 atom stereocenters. The first-order valence-corrected chi connectivity index (χ1v) is 7.42. The number of aromatic nitrogens is 3. The number of benzene rings is 1. The molecule has 3 aromatic rings. The molecular formula is C15H16N4S. The highest BCUT2D eigenvalue weighted by atomic mass is 32.1. The van der Waals surface area contributed by atoms with Crippen LogP contribution in [-0.4, -0.2) is 14.8 Å². The van der Waals surface area contributed by atoms with Crippen molar-refractivity contribution < 1.29 is 0 Å². The standard InChI is InChI=1S/C15H16N4S/c1-12(17-10-15-16-7-8-20-15)13-9-18-19(11-13)14-5-3-2-4-6-14/h2-9,11-12,17H,10H2,1H3. The zero-order valence-corrected chi connectivity index (χ0v) is 12.0. The number of hydrogen-bond donors (Lipinski definition) is 1. The molecule has 3 rings (SSSR count). The molecule has 0 spiro atoms. The van der Waals surface area contributed by atoms with Gasteiger partial charge in [0.05, 0.1) is 11.9 Å². The molecule has 0 saturated carbocycles. The summed E-state index contributed by atoms with van der Waals surface area (Å²) in [6.45, 7) is 2.93. The minimum Gasteiger partial charge on any atom is -0.304 e. The SMILES string of the molecule is CC(NCc1nccs1)c1cnn(-c2ccccc2)c1. The molecule has 5 heteroatoms. The summed E-state index contributed by atoms with van der Waals surface area (Å²) in [4.78, 5) is 4.27. The van der Waals surface area contributed by atoms with Crippen molar-refractivity contribution in [1.29, 1.82) is 0 Å². The lowest BCUT2D eigenvalue weighted by molar-refractivity contribution is 0.573. The van der Waals surface area contributed by atoms with E-state index in [0.29, 0.717) is 0 Å². The zero-order valence-electron chi connectivity index (χ0n) is 11.2. The fourth-order valence-corrected chi connectivity index (χ4v) is 2.55. The molecule has 0 aliphatic rings. The predicted molar refractivity (Wildman–Crippen MR) is 80.9 cm³/mol. The number of nitrogens with zero attached hydrogens (tertiary/aromatic N) is 3. The molecule has 0 fully saturated rings. The van der Waals surface area contributed by atoms with Crippen LogP contribution in [0.2, 0.25) is 0 Å². The van der Waals surface area contributed by atoms with Gasteiger partial charge in [0.2, 0.25) is 0 Å². The van der Waals surface area contributed by atoms with Crippen molar-refractivity contribution >= 4 is 11.3 Å². The van der Waals surface area contributed by atoms with Crippen LogP contribution in [0.5, 0.6) is 0 Å². The van der Waals surface area contributed by atoms with Crippen molar-refractivity contribution in [3.8, 4) is 5.69 Å². The van der Waals surface area contributed by atoms with Gasteiger partial charge < -0.3 is 5.32 Å². The molecule has 102 valence electrons. The second-order valence-corrected chi connectivity index (χ2v) is 5.56. The average molecular weight is 284 g/mol. The van der Waals surface area contributed by atoms with Crippen LogP contribution in [0.25, 0.3) is 5.69 Å². The van der Waals surface area contributed by atoms with E-state index in [1.165, 1.54) is 5.56 Å². The average Bonchev–Trinajstić information content (AvgIpc) is 3.17. The van der Waals surface area contributed by atoms with Crippen LogP contribution in [0.1, 0.15) is 23.5 Å². The summed E-state index contributed by atoms with van der Waals surface area (Å²) in [6, 6.07) is 10.4. The van der Waals surface area contributed by atoms with Gasteiger partial charge in [-0.3, -0.25) is 0 Å². The number of rotatable bonds is 5. The van der Waals surface area contributed by atoms with Gasteiger partial charge in [-0.1, -0.05) is 18.2 Å². The van der Waals surface area contributed by atoms with Crippen molar-refractivity contribution in [3.05, 3.63) is 64.9 Å². The fourth-order valence-electron chi connectivity index (χ4n) is 1.98. The Hall–Kier alpha value is -1.98. The lowest BCUT2D eigenvalue weighted by atomic mass is 10.2. The Morgan fingerprint density at radius 2 is 2.15 bits per heavy atom. The Labute approximate surface area is 122 Å². The lowest BCUT2D eigenvalue weighted by Gasteiger charge is -2.10. The van der Waals surface area contributed by atoms with E-state index < -0.39 is 0 Å². The lowest BCUT2D eigenvalue weighted by Crippen LogP contribution is -2.17. The van der Waals surface area contributed by atoms with Gasteiger partial charge in [0.25, 0.3) is 0 Å². The van der Waals surface area contributed by atoms with Crippen LogP contribution < -0.4 is 5.32 Å². The van der Waals surface area contributed by atoms with Crippen LogP contribution in [0.15, 0.2) is 54.3 Å². The predicted octanol–water partition coefficient (Wildman–Crippen LogP) is 3.18. The quantitative estimate of drug-likeness (QED) is 0.782. The third kappa shape index (κ3) is 2.95. The summed E-state index contributed by atoms with van der Waals surface area (Å²) >= 11 is 1.67. The highest BCUT2D eigenvalue weighted by molar-refractivity contribution is 7.09. The van der Waals surface area contributed by atoms with Crippen molar-refractivity contribution in [2.75, 3.05) is 0 Å². The monoisotopic (exact) mass is 284 g/mol. The van der Waals surface area contributed by atoms with Gasteiger partial charge in [-0.05, 0) is 19.1 Å². The van der Waals surface area contributed by atoms with Gasteiger partial charge in [0.1, 0.15) is 5.01 Å². The van der Waals surface area contributed by atoms with Crippen molar-refractivity contribution in [1.82, 2.24) is 20.1 Å². The third-order valence-electron chi connectivity index (χ3n) is 3.17. The van der Waals surface area contributed by atoms with Crippen LogP contribution in [0.3, 0.4) is 0 Å². The summed E-state index contributed by atoms with van der Waals surface area (Å²) in [5, 5.41) is 11.0.